The maximum Gasteiger partial charge on any atom is 0.225 e. The molecule has 3 nitrogen and oxygen atoms in total. The van der Waals surface area contributed by atoms with Crippen LogP contribution in [0.2, 0.25) is 0 Å². The van der Waals surface area contributed by atoms with E-state index in [9.17, 15) is 4.79 Å². The largest absolute Gasteiger partial charge is 0.340 e. The van der Waals surface area contributed by atoms with E-state index in [1.54, 1.807) is 0 Å². The van der Waals surface area contributed by atoms with Crippen molar-refractivity contribution in [2.75, 3.05) is 26.2 Å². The summed E-state index contributed by atoms with van der Waals surface area (Å²) in [4.78, 5) is 14.4. The number of piperazine rings is 1. The molecule has 0 bridgehead atoms. The highest BCUT2D eigenvalue weighted by molar-refractivity contribution is 5.79. The number of amides is 1. The minimum absolute atomic E-state index is 0.334. The average Bonchev–Trinajstić information content (AvgIpc) is 2.46. The van der Waals surface area contributed by atoms with E-state index in [1.165, 1.54) is 32.1 Å². The Morgan fingerprint density at radius 2 is 1.83 bits per heavy atom. The Balaban J connectivity index is 1.73. The number of nitrogens with zero attached hydrogens (tertiary/aromatic N) is 1. The van der Waals surface area contributed by atoms with Crippen LogP contribution >= 0.6 is 0 Å². The van der Waals surface area contributed by atoms with Crippen molar-refractivity contribution in [3.8, 4) is 0 Å². The van der Waals surface area contributed by atoms with Gasteiger partial charge in [0, 0.05) is 32.1 Å². The summed E-state index contributed by atoms with van der Waals surface area (Å²) in [5.74, 6) is 1.67. The molecule has 0 radical (unpaired) electrons. The maximum atomic E-state index is 12.4. The molecule has 1 aliphatic heterocycles. The van der Waals surface area contributed by atoms with Gasteiger partial charge in [-0.3, -0.25) is 4.79 Å². The summed E-state index contributed by atoms with van der Waals surface area (Å²) in [5, 5.41) is 3.31. The molecular weight excluding hydrogens is 224 g/mol. The van der Waals surface area contributed by atoms with E-state index >= 15 is 0 Å². The predicted molar refractivity (Wildman–Crippen MR) is 74.4 cm³/mol. The SMILES string of the molecule is CCCCC1CCC(C(=O)N2CCNCC2)CC1. The highest BCUT2D eigenvalue weighted by Crippen LogP contribution is 2.32. The molecule has 2 fully saturated rings. The van der Waals surface area contributed by atoms with Gasteiger partial charge in [-0.2, -0.15) is 0 Å². The van der Waals surface area contributed by atoms with Crippen molar-refractivity contribution in [2.24, 2.45) is 11.8 Å². The Bertz CT molecular complexity index is 253. The molecule has 1 heterocycles. The number of carbonyl (C=O) groups excluding carboxylic acids is 1. The van der Waals surface area contributed by atoms with Crippen molar-refractivity contribution in [1.29, 1.82) is 0 Å². The Hall–Kier alpha value is -0.570. The zero-order valence-electron chi connectivity index (χ0n) is 11.8. The van der Waals surface area contributed by atoms with E-state index in [0.717, 1.165) is 44.9 Å². The third-order valence-corrected chi connectivity index (χ3v) is 4.59. The van der Waals surface area contributed by atoms with E-state index in [0.29, 0.717) is 11.8 Å². The van der Waals surface area contributed by atoms with Crippen LogP contribution in [0, 0.1) is 11.8 Å². The van der Waals surface area contributed by atoms with Gasteiger partial charge in [0.1, 0.15) is 0 Å². The normalized spacial score (nSPS) is 29.3. The van der Waals surface area contributed by atoms with Gasteiger partial charge < -0.3 is 10.2 Å². The fourth-order valence-corrected chi connectivity index (χ4v) is 3.33. The molecule has 0 aromatic rings. The summed E-state index contributed by atoms with van der Waals surface area (Å²) >= 11 is 0. The molecule has 1 aliphatic carbocycles. The van der Waals surface area contributed by atoms with Gasteiger partial charge in [-0.15, -0.1) is 0 Å². The molecule has 1 saturated carbocycles. The standard InChI is InChI=1S/C15H28N2O/c1-2-3-4-13-5-7-14(8-6-13)15(18)17-11-9-16-10-12-17/h13-14,16H,2-12H2,1H3. The molecule has 0 unspecified atom stereocenters. The Morgan fingerprint density at radius 3 is 2.44 bits per heavy atom. The van der Waals surface area contributed by atoms with Crippen LogP contribution in [-0.4, -0.2) is 37.0 Å². The lowest BCUT2D eigenvalue weighted by Crippen LogP contribution is -2.48. The molecule has 0 spiro atoms. The third kappa shape index (κ3) is 3.71. The highest BCUT2D eigenvalue weighted by Gasteiger charge is 2.29. The van der Waals surface area contributed by atoms with Crippen LogP contribution in [0.15, 0.2) is 0 Å². The van der Waals surface area contributed by atoms with Gasteiger partial charge in [0.15, 0.2) is 0 Å². The first-order valence-electron chi connectivity index (χ1n) is 7.80. The Morgan fingerprint density at radius 1 is 1.17 bits per heavy atom. The quantitative estimate of drug-likeness (QED) is 0.833. The zero-order valence-corrected chi connectivity index (χ0v) is 11.8. The second-order valence-electron chi connectivity index (χ2n) is 5.94. The van der Waals surface area contributed by atoms with Gasteiger partial charge in [-0.25, -0.2) is 0 Å². The smallest absolute Gasteiger partial charge is 0.225 e. The monoisotopic (exact) mass is 252 g/mol. The third-order valence-electron chi connectivity index (χ3n) is 4.59. The van der Waals surface area contributed by atoms with Crippen LogP contribution in [0.4, 0.5) is 0 Å². The van der Waals surface area contributed by atoms with Gasteiger partial charge in [0.2, 0.25) is 5.91 Å². The summed E-state index contributed by atoms with van der Waals surface area (Å²) < 4.78 is 0. The van der Waals surface area contributed by atoms with Gasteiger partial charge in [-0.1, -0.05) is 26.2 Å². The molecule has 0 atom stereocenters. The molecule has 104 valence electrons. The lowest BCUT2D eigenvalue weighted by molar-refractivity contribution is -0.137. The molecule has 18 heavy (non-hydrogen) atoms. The molecule has 2 rings (SSSR count). The number of unbranched alkanes of at least 4 members (excludes halogenated alkanes) is 1. The first kappa shape index (κ1) is 13.9. The minimum atomic E-state index is 0.334. The number of nitrogens with one attached hydrogen (secondary N) is 1. The fraction of sp³-hybridized carbons (Fsp3) is 0.933. The first-order chi connectivity index (χ1) is 8.81. The second-order valence-corrected chi connectivity index (χ2v) is 5.94. The van der Waals surface area contributed by atoms with Crippen molar-refractivity contribution in [3.63, 3.8) is 0 Å². The van der Waals surface area contributed by atoms with Crippen LogP contribution in [0.25, 0.3) is 0 Å². The predicted octanol–water partition coefficient (Wildman–Crippen LogP) is 2.41. The molecular formula is C15H28N2O. The van der Waals surface area contributed by atoms with E-state index in [1.807, 2.05) is 0 Å². The van der Waals surface area contributed by atoms with Gasteiger partial charge >= 0.3 is 0 Å². The summed E-state index contributed by atoms with van der Waals surface area (Å²) in [6, 6.07) is 0. The summed E-state index contributed by atoms with van der Waals surface area (Å²) in [6.45, 7) is 6.03. The van der Waals surface area contributed by atoms with Crippen LogP contribution in [0.3, 0.4) is 0 Å². The summed E-state index contributed by atoms with van der Waals surface area (Å²) in [5.41, 5.74) is 0. The second kappa shape index (κ2) is 7.13. The number of carbonyl (C=O) groups is 1. The van der Waals surface area contributed by atoms with E-state index in [4.69, 9.17) is 0 Å². The van der Waals surface area contributed by atoms with Crippen LogP contribution in [0.5, 0.6) is 0 Å². The van der Waals surface area contributed by atoms with Gasteiger partial charge in [0.05, 0.1) is 0 Å². The van der Waals surface area contributed by atoms with Crippen molar-refractivity contribution in [1.82, 2.24) is 10.2 Å². The minimum Gasteiger partial charge on any atom is -0.340 e. The van der Waals surface area contributed by atoms with Crippen molar-refractivity contribution >= 4 is 5.91 Å². The van der Waals surface area contributed by atoms with Crippen LogP contribution in [-0.2, 0) is 4.79 Å². The highest BCUT2D eigenvalue weighted by atomic mass is 16.2. The molecule has 0 aromatic heterocycles. The average molecular weight is 252 g/mol. The van der Waals surface area contributed by atoms with Crippen LogP contribution < -0.4 is 5.32 Å². The molecule has 0 aromatic carbocycles. The molecule has 1 N–H and O–H groups in total. The summed E-state index contributed by atoms with van der Waals surface area (Å²) in [7, 11) is 0. The zero-order chi connectivity index (χ0) is 12.8. The lowest BCUT2D eigenvalue weighted by atomic mass is 9.79. The Kier molecular flexibility index (Phi) is 5.48. The van der Waals surface area contributed by atoms with E-state index in [-0.39, 0.29) is 0 Å². The number of hydrogen-bond acceptors (Lipinski definition) is 2. The number of hydrogen-bond donors (Lipinski definition) is 1. The molecule has 1 amide bonds. The lowest BCUT2D eigenvalue weighted by Gasteiger charge is -2.34. The Labute approximate surface area is 111 Å². The van der Waals surface area contributed by atoms with Gasteiger partial charge in [0.25, 0.3) is 0 Å². The fourth-order valence-electron chi connectivity index (χ4n) is 3.33. The van der Waals surface area contributed by atoms with Crippen molar-refractivity contribution in [3.05, 3.63) is 0 Å². The van der Waals surface area contributed by atoms with E-state index in [2.05, 4.69) is 17.1 Å². The summed E-state index contributed by atoms with van der Waals surface area (Å²) in [6.07, 6.45) is 8.88. The topological polar surface area (TPSA) is 32.3 Å². The van der Waals surface area contributed by atoms with Gasteiger partial charge in [-0.05, 0) is 31.6 Å². The van der Waals surface area contributed by atoms with Crippen molar-refractivity contribution in [2.45, 2.75) is 51.9 Å². The molecule has 1 saturated heterocycles. The first-order valence-corrected chi connectivity index (χ1v) is 7.80. The number of rotatable bonds is 4. The molecule has 3 heteroatoms. The van der Waals surface area contributed by atoms with Crippen LogP contribution in [0.1, 0.15) is 51.9 Å². The van der Waals surface area contributed by atoms with E-state index < -0.39 is 0 Å². The maximum absolute atomic E-state index is 12.4. The van der Waals surface area contributed by atoms with Crippen molar-refractivity contribution < 1.29 is 4.79 Å². The molecule has 2 aliphatic rings.